The maximum atomic E-state index is 2.76. The van der Waals surface area contributed by atoms with E-state index < -0.39 is 0 Å². The average molecular weight is 95.1 g/mol. The molecule has 0 aliphatic carbocycles. The molecule has 0 aromatic carbocycles. The molecule has 0 aliphatic heterocycles. The van der Waals surface area contributed by atoms with E-state index in [0.717, 1.165) is 0 Å². The van der Waals surface area contributed by atoms with Crippen LogP contribution in [0.2, 0.25) is 0 Å². The fraction of sp³-hybridized carbons (Fsp3) is 1.00. The van der Waals surface area contributed by atoms with Crippen LogP contribution in [-0.4, -0.2) is 6.26 Å². The van der Waals surface area contributed by atoms with E-state index in [-0.39, 0.29) is 0 Å². The van der Waals surface area contributed by atoms with Crippen LogP contribution in [0.5, 0.6) is 0 Å². The first-order valence-corrected chi connectivity index (χ1v) is 2.70. The summed E-state index contributed by atoms with van der Waals surface area (Å²) < 4.78 is 2.76. The van der Waals surface area contributed by atoms with Crippen molar-refractivity contribution in [2.75, 3.05) is 6.26 Å². The van der Waals surface area contributed by atoms with Crippen molar-refractivity contribution in [2.24, 2.45) is 0 Å². The summed E-state index contributed by atoms with van der Waals surface area (Å²) in [6, 6.07) is 0. The highest BCUT2D eigenvalue weighted by Crippen LogP contribution is 1.82. The Kier molecular flexibility index (Phi) is 4.43. The molecule has 1 N–H and O–H groups in total. The molecule has 4 heavy (non-hydrogen) atoms. The molecule has 0 fully saturated rings. The summed E-state index contributed by atoms with van der Waals surface area (Å²) in [7, 11) is 2.37. The molecular formula is CH6NPS. The minimum absolute atomic E-state index is 1.57. The Bertz CT molecular complexity index is 10.0. The smallest absolute Gasteiger partial charge is 0.00346 e. The van der Waals surface area contributed by atoms with Crippen LogP contribution in [0.25, 0.3) is 0 Å². The van der Waals surface area contributed by atoms with Gasteiger partial charge in [-0.05, 0) is 6.26 Å². The molecule has 0 heterocycles. The van der Waals surface area contributed by atoms with E-state index in [9.17, 15) is 0 Å². The first-order valence-electron chi connectivity index (χ1n) is 0.901. The van der Waals surface area contributed by atoms with Gasteiger partial charge in [-0.25, -0.2) is 4.49 Å². The molecule has 0 saturated carbocycles. The van der Waals surface area contributed by atoms with Crippen molar-refractivity contribution in [1.29, 1.82) is 0 Å². The molecule has 0 spiro atoms. The van der Waals surface area contributed by atoms with E-state index in [1.165, 1.54) is 0 Å². The number of rotatable bonds is 1. The van der Waals surface area contributed by atoms with E-state index >= 15 is 0 Å². The van der Waals surface area contributed by atoms with E-state index in [1.54, 1.807) is 11.9 Å². The second-order valence-electron chi connectivity index (χ2n) is 0.322. The number of hydrogen-bond acceptors (Lipinski definition) is 2. The Labute approximate surface area is 32.9 Å². The lowest BCUT2D eigenvalue weighted by molar-refractivity contribution is 1.77. The molecule has 3 heteroatoms. The third-order valence-electron chi connectivity index (χ3n) is 0.118. The van der Waals surface area contributed by atoms with Crippen molar-refractivity contribution < 1.29 is 0 Å². The van der Waals surface area contributed by atoms with E-state index in [0.29, 0.717) is 0 Å². The zero-order chi connectivity index (χ0) is 3.41. The summed E-state index contributed by atoms with van der Waals surface area (Å²) in [5, 5.41) is 0. The van der Waals surface area contributed by atoms with Gasteiger partial charge in [0.15, 0.2) is 0 Å². The Hall–Kier alpha value is 0.740. The topological polar surface area (TPSA) is 12.0 Å². The Balaban J connectivity index is 1.97. The number of hydrogen-bond donors (Lipinski definition) is 1. The van der Waals surface area contributed by atoms with Crippen LogP contribution >= 0.6 is 21.3 Å². The van der Waals surface area contributed by atoms with Gasteiger partial charge in [0.1, 0.15) is 0 Å². The monoisotopic (exact) mass is 95.0 g/mol. The van der Waals surface area contributed by atoms with E-state index in [1.807, 2.05) is 6.26 Å². The minimum Gasteiger partial charge on any atom is -0.248 e. The molecule has 0 saturated heterocycles. The van der Waals surface area contributed by atoms with E-state index in [4.69, 9.17) is 0 Å². The second kappa shape index (κ2) is 3.74. The average Bonchev–Trinajstić information content (AvgIpc) is 1.37. The summed E-state index contributed by atoms with van der Waals surface area (Å²) in [5.74, 6) is 0. The van der Waals surface area contributed by atoms with Gasteiger partial charge in [-0.1, -0.05) is 21.3 Å². The first-order chi connectivity index (χ1) is 1.91. The lowest BCUT2D eigenvalue weighted by Crippen LogP contribution is -1.70. The Morgan fingerprint density at radius 3 is 2.25 bits per heavy atom. The van der Waals surface area contributed by atoms with Gasteiger partial charge in [-0.15, -0.1) is 0 Å². The van der Waals surface area contributed by atoms with Crippen LogP contribution in [0.15, 0.2) is 0 Å². The Morgan fingerprint density at radius 2 is 2.25 bits per heavy atom. The molecule has 0 aromatic rings. The normalized spacial score (nSPS) is 7.50. The molecule has 1 atom stereocenters. The third kappa shape index (κ3) is 2.74. The zero-order valence-electron chi connectivity index (χ0n) is 2.49. The number of nitrogens with one attached hydrogen (secondary N) is 1. The molecule has 26 valence electrons. The van der Waals surface area contributed by atoms with Gasteiger partial charge in [0.05, 0.1) is 0 Å². The molecular weight excluding hydrogens is 89.1 g/mol. The molecule has 0 rings (SSSR count). The van der Waals surface area contributed by atoms with Gasteiger partial charge in [-0.2, -0.15) is 0 Å². The van der Waals surface area contributed by atoms with Crippen LogP contribution in [0.1, 0.15) is 0 Å². The zero-order valence-corrected chi connectivity index (χ0v) is 4.46. The maximum Gasteiger partial charge on any atom is -0.00346 e. The Morgan fingerprint density at radius 1 is 2.00 bits per heavy atom. The predicted octanol–water partition coefficient (Wildman–Crippen LogP) is 0.644. The molecule has 1 unspecified atom stereocenters. The highest BCUT2D eigenvalue weighted by Gasteiger charge is 1.50. The van der Waals surface area contributed by atoms with Gasteiger partial charge in [-0.3, -0.25) is 0 Å². The molecule has 0 amide bonds. The van der Waals surface area contributed by atoms with Gasteiger partial charge in [0.2, 0.25) is 0 Å². The summed E-state index contributed by atoms with van der Waals surface area (Å²) in [6.07, 6.45) is 1.97. The maximum absolute atomic E-state index is 2.76. The largest absolute Gasteiger partial charge is 0.248 e. The SMILES string of the molecule is CSNP. The second-order valence-corrected chi connectivity index (χ2v) is 1.67. The van der Waals surface area contributed by atoms with Gasteiger partial charge in [0.25, 0.3) is 0 Å². The molecule has 0 aromatic heterocycles. The predicted molar refractivity (Wildman–Crippen MR) is 26.4 cm³/mol. The van der Waals surface area contributed by atoms with Crippen LogP contribution < -0.4 is 4.49 Å². The van der Waals surface area contributed by atoms with Crippen LogP contribution in [0.4, 0.5) is 0 Å². The minimum atomic E-state index is 1.57. The van der Waals surface area contributed by atoms with Crippen LogP contribution in [0.3, 0.4) is 0 Å². The van der Waals surface area contributed by atoms with Crippen molar-refractivity contribution in [3.05, 3.63) is 0 Å². The summed E-state index contributed by atoms with van der Waals surface area (Å²) in [4.78, 5) is 0. The highest BCUT2D eigenvalue weighted by molar-refractivity contribution is 7.99. The van der Waals surface area contributed by atoms with Crippen molar-refractivity contribution in [1.82, 2.24) is 4.49 Å². The van der Waals surface area contributed by atoms with Crippen molar-refractivity contribution in [2.45, 2.75) is 0 Å². The fourth-order valence-electron chi connectivity index (χ4n) is 0. The van der Waals surface area contributed by atoms with Crippen molar-refractivity contribution in [3.63, 3.8) is 0 Å². The third-order valence-corrected chi connectivity index (χ3v) is 1.06. The van der Waals surface area contributed by atoms with E-state index in [2.05, 4.69) is 13.9 Å². The van der Waals surface area contributed by atoms with Crippen molar-refractivity contribution in [3.8, 4) is 0 Å². The van der Waals surface area contributed by atoms with Gasteiger partial charge < -0.3 is 0 Å². The van der Waals surface area contributed by atoms with Crippen LogP contribution in [-0.2, 0) is 0 Å². The molecule has 0 bridgehead atoms. The highest BCUT2D eigenvalue weighted by atomic mass is 32.2. The lowest BCUT2D eigenvalue weighted by atomic mass is 12.0. The molecule has 0 aliphatic rings. The summed E-state index contributed by atoms with van der Waals surface area (Å²) in [5.41, 5.74) is 0. The van der Waals surface area contributed by atoms with Crippen LogP contribution in [0, 0.1) is 0 Å². The standard InChI is InChI=1S/CH6NPS/c1-4-2-3/h2H,3H2,1H3. The van der Waals surface area contributed by atoms with Gasteiger partial charge >= 0.3 is 0 Å². The van der Waals surface area contributed by atoms with Gasteiger partial charge in [0, 0.05) is 0 Å². The molecule has 0 radical (unpaired) electrons. The van der Waals surface area contributed by atoms with Crippen molar-refractivity contribution >= 4 is 21.3 Å². The summed E-state index contributed by atoms with van der Waals surface area (Å²) in [6.45, 7) is 0. The fourth-order valence-corrected chi connectivity index (χ4v) is 0. The first kappa shape index (κ1) is 4.74. The quantitative estimate of drug-likeness (QED) is 0.379. The lowest BCUT2D eigenvalue weighted by Gasteiger charge is -1.75. The molecule has 1 nitrogen and oxygen atoms in total. The summed E-state index contributed by atoms with van der Waals surface area (Å²) >= 11 is 1.57.